The van der Waals surface area contributed by atoms with Crippen LogP contribution in [0, 0.1) is 0 Å². The molecule has 1 aromatic heterocycles. The number of fused-ring (bicyclic) bond motifs is 1. The van der Waals surface area contributed by atoms with Crippen LogP contribution in [0.15, 0.2) is 24.3 Å². The summed E-state index contributed by atoms with van der Waals surface area (Å²) in [4.78, 5) is 6.67. The fraction of sp³-hybridized carbons (Fsp3) is 0.409. The Kier molecular flexibility index (Phi) is 6.49. The standard InChI is InChI=1S/C22H27Cl2N3O2/c1-7-13(8-2)15-9-10-18(28-6)19-20(15)27(5)22(25-19)29-21-16(24)11-14(23)12-17(21)26(3)4/h9-13H,7-8H2,1-6H3. The minimum absolute atomic E-state index is 0.431. The highest BCUT2D eigenvalue weighted by molar-refractivity contribution is 6.36. The number of aryl methyl sites for hydroxylation is 1. The van der Waals surface area contributed by atoms with Crippen molar-refractivity contribution in [1.29, 1.82) is 0 Å². The number of anilines is 1. The Labute approximate surface area is 182 Å². The van der Waals surface area contributed by atoms with Crippen molar-refractivity contribution in [2.24, 2.45) is 7.05 Å². The van der Waals surface area contributed by atoms with Gasteiger partial charge in [-0.1, -0.05) is 43.1 Å². The van der Waals surface area contributed by atoms with Gasteiger partial charge in [0.25, 0.3) is 0 Å². The fourth-order valence-electron chi connectivity index (χ4n) is 3.69. The van der Waals surface area contributed by atoms with Crippen LogP contribution in [0.5, 0.6) is 17.5 Å². The van der Waals surface area contributed by atoms with Crippen LogP contribution in [0.25, 0.3) is 11.0 Å². The van der Waals surface area contributed by atoms with Gasteiger partial charge >= 0.3 is 6.01 Å². The van der Waals surface area contributed by atoms with E-state index in [1.807, 2.05) is 42.7 Å². The summed E-state index contributed by atoms with van der Waals surface area (Å²) in [6, 6.07) is 8.05. The van der Waals surface area contributed by atoms with Crippen molar-refractivity contribution in [2.75, 3.05) is 26.1 Å². The van der Waals surface area contributed by atoms with Crippen LogP contribution < -0.4 is 14.4 Å². The van der Waals surface area contributed by atoms with Gasteiger partial charge in [0, 0.05) is 26.2 Å². The molecular formula is C22H27Cl2N3O2. The van der Waals surface area contributed by atoms with Gasteiger partial charge < -0.3 is 14.4 Å². The van der Waals surface area contributed by atoms with E-state index in [1.54, 1.807) is 13.2 Å². The highest BCUT2D eigenvalue weighted by Crippen LogP contribution is 2.42. The Morgan fingerprint density at radius 3 is 2.41 bits per heavy atom. The molecule has 0 N–H and O–H groups in total. The third-order valence-corrected chi connectivity index (χ3v) is 5.78. The summed E-state index contributed by atoms with van der Waals surface area (Å²) in [5, 5.41) is 0.981. The largest absolute Gasteiger partial charge is 0.494 e. The predicted octanol–water partition coefficient (Wildman–Crippen LogP) is 6.65. The molecule has 0 fully saturated rings. The number of methoxy groups -OCH3 is 1. The maximum Gasteiger partial charge on any atom is 0.302 e. The van der Waals surface area contributed by atoms with Crippen LogP contribution in [0.1, 0.15) is 38.2 Å². The highest BCUT2D eigenvalue weighted by Gasteiger charge is 2.22. The maximum absolute atomic E-state index is 6.47. The Bertz CT molecular complexity index is 1030. The van der Waals surface area contributed by atoms with Gasteiger partial charge in [0.1, 0.15) is 11.3 Å². The summed E-state index contributed by atoms with van der Waals surface area (Å²) in [5.74, 6) is 1.67. The van der Waals surface area contributed by atoms with Crippen LogP contribution in [0.4, 0.5) is 5.69 Å². The zero-order valence-corrected chi connectivity index (χ0v) is 19.2. The average molecular weight is 436 g/mol. The van der Waals surface area contributed by atoms with Gasteiger partial charge in [0.15, 0.2) is 5.75 Å². The minimum atomic E-state index is 0.431. The number of nitrogens with zero attached hydrogens (tertiary/aromatic N) is 3. The van der Waals surface area contributed by atoms with E-state index in [4.69, 9.17) is 37.7 Å². The molecule has 2 aromatic carbocycles. The molecule has 0 bridgehead atoms. The second-order valence-electron chi connectivity index (χ2n) is 7.25. The molecule has 0 spiro atoms. The lowest BCUT2D eigenvalue weighted by Crippen LogP contribution is -2.10. The zero-order chi connectivity index (χ0) is 21.3. The summed E-state index contributed by atoms with van der Waals surface area (Å²) < 4.78 is 13.8. The molecule has 0 saturated carbocycles. The van der Waals surface area contributed by atoms with Gasteiger partial charge in [-0.05, 0) is 42.5 Å². The molecule has 156 valence electrons. The Hall–Kier alpha value is -2.11. The maximum atomic E-state index is 6.47. The quantitative estimate of drug-likeness (QED) is 0.416. The first-order chi connectivity index (χ1) is 13.8. The van der Waals surface area contributed by atoms with Gasteiger partial charge in [0.05, 0.1) is 23.3 Å². The third kappa shape index (κ3) is 3.99. The normalized spacial score (nSPS) is 11.3. The molecule has 0 saturated heterocycles. The van der Waals surface area contributed by atoms with E-state index in [0.29, 0.717) is 27.7 Å². The lowest BCUT2D eigenvalue weighted by atomic mass is 9.92. The van der Waals surface area contributed by atoms with Gasteiger partial charge in [-0.15, -0.1) is 0 Å². The molecule has 0 aliphatic heterocycles. The highest BCUT2D eigenvalue weighted by atomic mass is 35.5. The number of benzene rings is 2. The molecule has 0 unspecified atom stereocenters. The van der Waals surface area contributed by atoms with Gasteiger partial charge in [-0.2, -0.15) is 4.98 Å². The molecule has 5 nitrogen and oxygen atoms in total. The van der Waals surface area contributed by atoms with E-state index in [-0.39, 0.29) is 0 Å². The first kappa shape index (κ1) is 21.6. The van der Waals surface area contributed by atoms with E-state index in [0.717, 1.165) is 35.3 Å². The first-order valence-electron chi connectivity index (χ1n) is 9.69. The number of rotatable bonds is 7. The molecule has 0 aliphatic rings. The topological polar surface area (TPSA) is 39.5 Å². The Balaban J connectivity index is 2.20. The summed E-state index contributed by atoms with van der Waals surface area (Å²) in [6.45, 7) is 4.41. The summed E-state index contributed by atoms with van der Waals surface area (Å²) >= 11 is 12.7. The SMILES string of the molecule is CCC(CC)c1ccc(OC)c2nc(Oc3c(Cl)cc(Cl)cc3N(C)C)n(C)c12. The first-order valence-corrected chi connectivity index (χ1v) is 10.4. The summed E-state index contributed by atoms with van der Waals surface area (Å²) in [7, 11) is 7.44. The van der Waals surface area contributed by atoms with Crippen LogP contribution >= 0.6 is 23.2 Å². The molecule has 3 rings (SSSR count). The smallest absolute Gasteiger partial charge is 0.302 e. The molecular weight excluding hydrogens is 409 g/mol. The van der Waals surface area contributed by atoms with Crippen molar-refractivity contribution in [3.05, 3.63) is 39.9 Å². The molecule has 29 heavy (non-hydrogen) atoms. The number of ether oxygens (including phenoxy) is 2. The molecule has 0 aliphatic carbocycles. The van der Waals surface area contributed by atoms with Gasteiger partial charge in [-0.3, -0.25) is 4.57 Å². The second-order valence-corrected chi connectivity index (χ2v) is 8.10. The number of hydrogen-bond acceptors (Lipinski definition) is 4. The lowest BCUT2D eigenvalue weighted by molar-refractivity contribution is 0.416. The average Bonchev–Trinajstić information content (AvgIpc) is 3.01. The van der Waals surface area contributed by atoms with Crippen molar-refractivity contribution in [1.82, 2.24) is 9.55 Å². The Morgan fingerprint density at radius 2 is 1.83 bits per heavy atom. The lowest BCUT2D eigenvalue weighted by Gasteiger charge is -2.19. The van der Waals surface area contributed by atoms with Crippen molar-refractivity contribution in [2.45, 2.75) is 32.6 Å². The van der Waals surface area contributed by atoms with Crippen LogP contribution in [0.2, 0.25) is 10.0 Å². The summed E-state index contributed by atoms with van der Waals surface area (Å²) in [5.41, 5.74) is 3.82. The van der Waals surface area contributed by atoms with E-state index < -0.39 is 0 Å². The predicted molar refractivity (Wildman–Crippen MR) is 121 cm³/mol. The summed E-state index contributed by atoms with van der Waals surface area (Å²) in [6.07, 6.45) is 2.10. The minimum Gasteiger partial charge on any atom is -0.494 e. The number of aromatic nitrogens is 2. The van der Waals surface area contributed by atoms with Crippen molar-refractivity contribution in [3.8, 4) is 17.5 Å². The number of imidazole rings is 1. The van der Waals surface area contributed by atoms with E-state index in [2.05, 4.69) is 19.9 Å². The Morgan fingerprint density at radius 1 is 1.14 bits per heavy atom. The fourth-order valence-corrected chi connectivity index (χ4v) is 4.21. The zero-order valence-electron chi connectivity index (χ0n) is 17.7. The van der Waals surface area contributed by atoms with Crippen molar-refractivity contribution >= 4 is 39.9 Å². The van der Waals surface area contributed by atoms with E-state index in [1.165, 1.54) is 5.56 Å². The van der Waals surface area contributed by atoms with Gasteiger partial charge in [-0.25, -0.2) is 0 Å². The van der Waals surface area contributed by atoms with Gasteiger partial charge in [0.2, 0.25) is 0 Å². The third-order valence-electron chi connectivity index (χ3n) is 5.28. The van der Waals surface area contributed by atoms with Crippen molar-refractivity contribution in [3.63, 3.8) is 0 Å². The van der Waals surface area contributed by atoms with Crippen molar-refractivity contribution < 1.29 is 9.47 Å². The molecule has 0 radical (unpaired) electrons. The molecule has 7 heteroatoms. The number of hydrogen-bond donors (Lipinski definition) is 0. The number of halogens is 2. The molecule has 0 amide bonds. The molecule has 1 heterocycles. The monoisotopic (exact) mass is 435 g/mol. The molecule has 0 atom stereocenters. The van der Waals surface area contributed by atoms with E-state index >= 15 is 0 Å². The second kappa shape index (κ2) is 8.72. The van der Waals surface area contributed by atoms with Crippen LogP contribution in [-0.2, 0) is 7.05 Å². The van der Waals surface area contributed by atoms with E-state index in [9.17, 15) is 0 Å². The molecule has 3 aromatic rings. The van der Waals surface area contributed by atoms with Crippen LogP contribution in [0.3, 0.4) is 0 Å². The van der Waals surface area contributed by atoms with Crippen LogP contribution in [-0.4, -0.2) is 30.8 Å².